The number of nitrogens with one attached hydrogen (secondary N) is 1. The molecular weight excluding hydrogens is 358 g/mol. The minimum atomic E-state index is 0.267. The van der Waals surface area contributed by atoms with Crippen LogP contribution in [0.5, 0.6) is 0 Å². The summed E-state index contributed by atoms with van der Waals surface area (Å²) in [6, 6.07) is 9.39. The smallest absolute Gasteiger partial charge is 0.110 e. The second kappa shape index (κ2) is 8.33. The second-order valence-electron chi connectivity index (χ2n) is 6.95. The molecule has 136 valence electrons. The zero-order valence-corrected chi connectivity index (χ0v) is 16.8. The molecule has 0 spiro atoms. The minimum Gasteiger partial charge on any atom is -0.371 e. The highest BCUT2D eigenvalue weighted by molar-refractivity contribution is 7.09. The molecule has 5 heteroatoms. The molecule has 1 aliphatic heterocycles. The van der Waals surface area contributed by atoms with E-state index in [1.165, 1.54) is 53.3 Å². The summed E-state index contributed by atoms with van der Waals surface area (Å²) in [4.78, 5) is 7.06. The van der Waals surface area contributed by atoms with Gasteiger partial charge in [0.1, 0.15) is 5.01 Å². The van der Waals surface area contributed by atoms with E-state index in [2.05, 4.69) is 62.5 Å². The van der Waals surface area contributed by atoms with Crippen LogP contribution in [0, 0.1) is 6.92 Å². The number of anilines is 1. The van der Waals surface area contributed by atoms with E-state index in [-0.39, 0.29) is 6.04 Å². The molecule has 1 atom stereocenters. The van der Waals surface area contributed by atoms with Crippen LogP contribution in [0.15, 0.2) is 46.6 Å². The normalized spacial score (nSPS) is 15.5. The number of hydrogen-bond donors (Lipinski definition) is 1. The molecule has 0 amide bonds. The Morgan fingerprint density at radius 3 is 2.73 bits per heavy atom. The summed E-state index contributed by atoms with van der Waals surface area (Å²) in [5.74, 6) is 0. The van der Waals surface area contributed by atoms with Gasteiger partial charge in [-0.05, 0) is 65.8 Å². The molecule has 0 radical (unpaired) electrons. The third-order valence-corrected chi connectivity index (χ3v) is 6.65. The molecular formula is C21H25N3S2. The zero-order chi connectivity index (χ0) is 17.8. The van der Waals surface area contributed by atoms with Gasteiger partial charge in [0, 0.05) is 36.9 Å². The van der Waals surface area contributed by atoms with E-state index in [1.807, 2.05) is 6.20 Å². The standard InChI is InChI=1S/C21H25N3S2/c1-16-12-17(4-5-20(16)24-8-2-3-9-24)14-23-19(21-22-7-11-26-21)13-18-6-10-25-15-18/h4-7,10-12,15,19,23H,2-3,8-9,13-14H2,1H3/t19-/m1/s1. The Bertz CT molecular complexity index is 806. The third-order valence-electron chi connectivity index (χ3n) is 5.03. The molecule has 0 aliphatic carbocycles. The monoisotopic (exact) mass is 383 g/mol. The first-order valence-corrected chi connectivity index (χ1v) is 11.1. The van der Waals surface area contributed by atoms with Crippen molar-refractivity contribution in [3.8, 4) is 0 Å². The number of thiazole rings is 1. The molecule has 1 saturated heterocycles. The van der Waals surface area contributed by atoms with E-state index in [4.69, 9.17) is 0 Å². The van der Waals surface area contributed by atoms with Gasteiger partial charge in [0.15, 0.2) is 0 Å². The Kier molecular flexibility index (Phi) is 5.68. The van der Waals surface area contributed by atoms with Crippen molar-refractivity contribution in [1.82, 2.24) is 10.3 Å². The van der Waals surface area contributed by atoms with Gasteiger partial charge in [-0.15, -0.1) is 11.3 Å². The van der Waals surface area contributed by atoms with E-state index in [0.29, 0.717) is 0 Å². The molecule has 0 bridgehead atoms. The minimum absolute atomic E-state index is 0.267. The predicted molar refractivity (Wildman–Crippen MR) is 112 cm³/mol. The maximum Gasteiger partial charge on any atom is 0.110 e. The van der Waals surface area contributed by atoms with Crippen molar-refractivity contribution in [1.29, 1.82) is 0 Å². The van der Waals surface area contributed by atoms with Crippen molar-refractivity contribution in [3.05, 3.63) is 68.3 Å². The summed E-state index contributed by atoms with van der Waals surface area (Å²) >= 11 is 3.49. The summed E-state index contributed by atoms with van der Waals surface area (Å²) in [5, 5.41) is 11.3. The Morgan fingerprint density at radius 1 is 1.15 bits per heavy atom. The van der Waals surface area contributed by atoms with E-state index < -0.39 is 0 Å². The van der Waals surface area contributed by atoms with E-state index in [9.17, 15) is 0 Å². The Balaban J connectivity index is 1.44. The van der Waals surface area contributed by atoms with Crippen molar-refractivity contribution in [2.24, 2.45) is 0 Å². The first kappa shape index (κ1) is 17.7. The summed E-state index contributed by atoms with van der Waals surface area (Å²) in [7, 11) is 0. The first-order valence-electron chi connectivity index (χ1n) is 9.28. The van der Waals surface area contributed by atoms with Gasteiger partial charge >= 0.3 is 0 Å². The van der Waals surface area contributed by atoms with Gasteiger partial charge in [-0.1, -0.05) is 12.1 Å². The number of aryl methyl sites for hydroxylation is 1. The van der Waals surface area contributed by atoms with Crippen molar-refractivity contribution in [2.45, 2.75) is 38.8 Å². The van der Waals surface area contributed by atoms with Gasteiger partial charge in [-0.2, -0.15) is 11.3 Å². The maximum absolute atomic E-state index is 4.55. The lowest BCUT2D eigenvalue weighted by atomic mass is 10.1. The van der Waals surface area contributed by atoms with Gasteiger partial charge < -0.3 is 10.2 Å². The Morgan fingerprint density at radius 2 is 2.04 bits per heavy atom. The van der Waals surface area contributed by atoms with Crippen molar-refractivity contribution >= 4 is 28.4 Å². The number of aromatic nitrogens is 1. The second-order valence-corrected chi connectivity index (χ2v) is 8.66. The van der Waals surface area contributed by atoms with Gasteiger partial charge in [0.2, 0.25) is 0 Å². The van der Waals surface area contributed by atoms with Crippen LogP contribution >= 0.6 is 22.7 Å². The van der Waals surface area contributed by atoms with Gasteiger partial charge in [0.25, 0.3) is 0 Å². The lowest BCUT2D eigenvalue weighted by Gasteiger charge is -2.21. The first-order chi connectivity index (χ1) is 12.8. The largest absolute Gasteiger partial charge is 0.371 e. The number of benzene rings is 1. The average Bonchev–Trinajstić information content (AvgIpc) is 3.42. The van der Waals surface area contributed by atoms with Crippen LogP contribution in [0.1, 0.15) is 40.6 Å². The van der Waals surface area contributed by atoms with Crippen LogP contribution in [-0.4, -0.2) is 18.1 Å². The highest BCUT2D eigenvalue weighted by Gasteiger charge is 2.17. The number of hydrogen-bond acceptors (Lipinski definition) is 5. The molecule has 2 aromatic heterocycles. The molecule has 1 aromatic carbocycles. The quantitative estimate of drug-likeness (QED) is 0.609. The Labute approximate surface area is 163 Å². The number of nitrogens with zero attached hydrogens (tertiary/aromatic N) is 2. The van der Waals surface area contributed by atoms with Crippen molar-refractivity contribution in [3.63, 3.8) is 0 Å². The van der Waals surface area contributed by atoms with Crippen molar-refractivity contribution in [2.75, 3.05) is 18.0 Å². The molecule has 26 heavy (non-hydrogen) atoms. The summed E-state index contributed by atoms with van der Waals surface area (Å²) < 4.78 is 0. The summed E-state index contributed by atoms with van der Waals surface area (Å²) in [6.07, 6.45) is 5.53. The van der Waals surface area contributed by atoms with Gasteiger partial charge in [0.05, 0.1) is 6.04 Å². The molecule has 4 rings (SSSR count). The third kappa shape index (κ3) is 4.17. The van der Waals surface area contributed by atoms with Crippen LogP contribution in [-0.2, 0) is 13.0 Å². The SMILES string of the molecule is Cc1cc(CN[C@H](Cc2ccsc2)c2nccs2)ccc1N1CCCC1. The van der Waals surface area contributed by atoms with Crippen LogP contribution in [0.3, 0.4) is 0 Å². The predicted octanol–water partition coefficient (Wildman–Crippen LogP) is 5.19. The molecule has 3 aromatic rings. The molecule has 0 saturated carbocycles. The van der Waals surface area contributed by atoms with E-state index >= 15 is 0 Å². The number of thiophene rings is 1. The molecule has 1 aliphatic rings. The van der Waals surface area contributed by atoms with Crippen molar-refractivity contribution < 1.29 is 0 Å². The molecule has 1 fully saturated rings. The lowest BCUT2D eigenvalue weighted by Crippen LogP contribution is -2.23. The molecule has 3 heterocycles. The lowest BCUT2D eigenvalue weighted by molar-refractivity contribution is 0.528. The van der Waals surface area contributed by atoms with E-state index in [0.717, 1.165) is 13.0 Å². The van der Waals surface area contributed by atoms with Gasteiger partial charge in [-0.3, -0.25) is 0 Å². The molecule has 0 unspecified atom stereocenters. The fourth-order valence-corrected chi connectivity index (χ4v) is 5.07. The van der Waals surface area contributed by atoms with Gasteiger partial charge in [-0.25, -0.2) is 4.98 Å². The fraction of sp³-hybridized carbons (Fsp3) is 0.381. The topological polar surface area (TPSA) is 28.2 Å². The maximum atomic E-state index is 4.55. The molecule has 1 N–H and O–H groups in total. The zero-order valence-electron chi connectivity index (χ0n) is 15.1. The highest BCUT2D eigenvalue weighted by atomic mass is 32.1. The Hall–Kier alpha value is -1.69. The van der Waals surface area contributed by atoms with Crippen LogP contribution in [0.25, 0.3) is 0 Å². The average molecular weight is 384 g/mol. The molecule has 3 nitrogen and oxygen atoms in total. The summed E-state index contributed by atoms with van der Waals surface area (Å²) in [5.41, 5.74) is 5.51. The fourth-order valence-electron chi connectivity index (χ4n) is 3.68. The highest BCUT2D eigenvalue weighted by Crippen LogP contribution is 2.26. The number of rotatable bonds is 7. The van der Waals surface area contributed by atoms with E-state index in [1.54, 1.807) is 22.7 Å². The van der Waals surface area contributed by atoms with Crippen LogP contribution in [0.2, 0.25) is 0 Å². The van der Waals surface area contributed by atoms with Crippen LogP contribution < -0.4 is 10.2 Å². The van der Waals surface area contributed by atoms with Crippen LogP contribution in [0.4, 0.5) is 5.69 Å². The summed E-state index contributed by atoms with van der Waals surface area (Å²) in [6.45, 7) is 5.51.